The van der Waals surface area contributed by atoms with Crippen LogP contribution >= 0.6 is 0 Å². The lowest BCUT2D eigenvalue weighted by atomic mass is 9.83. The highest BCUT2D eigenvalue weighted by atomic mass is 19.1. The fourth-order valence-electron chi connectivity index (χ4n) is 5.57. The molecule has 2 atom stereocenters. The lowest BCUT2D eigenvalue weighted by Crippen LogP contribution is -2.36. The van der Waals surface area contributed by atoms with E-state index in [0.29, 0.717) is 17.7 Å². The van der Waals surface area contributed by atoms with Gasteiger partial charge < -0.3 is 14.6 Å². The van der Waals surface area contributed by atoms with Crippen molar-refractivity contribution in [3.05, 3.63) is 77.0 Å². The number of hydrogen-bond acceptors (Lipinski definition) is 6. The van der Waals surface area contributed by atoms with Crippen LogP contribution in [0.3, 0.4) is 0 Å². The van der Waals surface area contributed by atoms with Crippen molar-refractivity contribution >= 4 is 11.9 Å². The maximum Gasteiger partial charge on any atom is 0.343 e. The minimum absolute atomic E-state index is 0.0729. The van der Waals surface area contributed by atoms with Crippen LogP contribution in [0.15, 0.2) is 48.7 Å². The fraction of sp³-hybridized carbons (Fsp3) is 0.424. The normalized spacial score (nSPS) is 14.7. The molecule has 7 nitrogen and oxygen atoms in total. The zero-order chi connectivity index (χ0) is 30.7. The number of nitrogens with zero attached hydrogens (tertiary/aromatic N) is 2. The Kier molecular flexibility index (Phi) is 9.61. The average molecular weight is 581 g/mol. The first-order valence-corrected chi connectivity index (χ1v) is 14.2. The molecular weight excluding hydrogens is 542 g/mol. The summed E-state index contributed by atoms with van der Waals surface area (Å²) in [5, 5.41) is 9.61. The van der Waals surface area contributed by atoms with Crippen LogP contribution in [-0.2, 0) is 11.3 Å². The first-order valence-electron chi connectivity index (χ1n) is 14.2. The van der Waals surface area contributed by atoms with Crippen LogP contribution in [0.5, 0.6) is 11.6 Å². The number of rotatable bonds is 12. The number of carboxylic acids is 1. The number of carbonyl (C=O) groups is 2. The highest BCUT2D eigenvalue weighted by Crippen LogP contribution is 2.48. The molecule has 42 heavy (non-hydrogen) atoms. The molecule has 9 heteroatoms. The van der Waals surface area contributed by atoms with E-state index < -0.39 is 35.4 Å². The number of carbonyl (C=O) groups excluding carboxylic acids is 1. The minimum Gasteiger partial charge on any atom is -0.481 e. The molecule has 4 rings (SSSR count). The molecule has 0 spiro atoms. The third kappa shape index (κ3) is 6.78. The van der Waals surface area contributed by atoms with Crippen LogP contribution in [0.4, 0.5) is 8.78 Å². The summed E-state index contributed by atoms with van der Waals surface area (Å²) < 4.78 is 41.4. The number of carboxylic acid groups (broad SMARTS) is 1. The van der Waals surface area contributed by atoms with E-state index in [-0.39, 0.29) is 46.3 Å². The Balaban J connectivity index is 1.71. The molecule has 224 valence electrons. The van der Waals surface area contributed by atoms with Gasteiger partial charge in [0.2, 0.25) is 5.88 Å². The van der Waals surface area contributed by atoms with Gasteiger partial charge in [-0.05, 0) is 81.3 Å². The van der Waals surface area contributed by atoms with E-state index in [0.717, 1.165) is 19.0 Å². The van der Waals surface area contributed by atoms with E-state index in [9.17, 15) is 19.1 Å². The van der Waals surface area contributed by atoms with Crippen LogP contribution in [0.25, 0.3) is 11.1 Å². The van der Waals surface area contributed by atoms with Gasteiger partial charge in [0.15, 0.2) is 11.6 Å². The number of benzene rings is 2. The monoisotopic (exact) mass is 580 g/mol. The van der Waals surface area contributed by atoms with Crippen molar-refractivity contribution in [2.75, 3.05) is 7.11 Å². The van der Waals surface area contributed by atoms with Gasteiger partial charge in [-0.25, -0.2) is 18.6 Å². The number of methoxy groups -OCH3 is 1. The predicted octanol–water partition coefficient (Wildman–Crippen LogP) is 7.09. The quantitative estimate of drug-likeness (QED) is 0.181. The highest BCUT2D eigenvalue weighted by Gasteiger charge is 2.40. The molecule has 1 heterocycles. The molecule has 1 fully saturated rings. The Morgan fingerprint density at radius 2 is 1.71 bits per heavy atom. The van der Waals surface area contributed by atoms with Gasteiger partial charge in [0, 0.05) is 36.2 Å². The summed E-state index contributed by atoms with van der Waals surface area (Å²) in [6.07, 6.45) is 2.75. The second-order valence-corrected chi connectivity index (χ2v) is 11.5. The van der Waals surface area contributed by atoms with Crippen molar-refractivity contribution in [2.24, 2.45) is 11.8 Å². The third-order valence-electron chi connectivity index (χ3n) is 7.96. The molecule has 0 amide bonds. The van der Waals surface area contributed by atoms with Gasteiger partial charge in [-0.2, -0.15) is 0 Å². The van der Waals surface area contributed by atoms with E-state index in [1.807, 2.05) is 0 Å². The van der Waals surface area contributed by atoms with Crippen molar-refractivity contribution in [1.29, 1.82) is 0 Å². The lowest BCUT2D eigenvalue weighted by Gasteiger charge is -2.31. The van der Waals surface area contributed by atoms with Gasteiger partial charge in [0.05, 0.1) is 24.8 Å². The summed E-state index contributed by atoms with van der Waals surface area (Å²) in [4.78, 5) is 31.2. The van der Waals surface area contributed by atoms with Crippen LogP contribution < -0.4 is 9.47 Å². The summed E-state index contributed by atoms with van der Waals surface area (Å²) in [7, 11) is 1.45. The Morgan fingerprint density at radius 1 is 1.02 bits per heavy atom. The van der Waals surface area contributed by atoms with Gasteiger partial charge in [0.25, 0.3) is 0 Å². The second kappa shape index (κ2) is 13.0. The van der Waals surface area contributed by atoms with Crippen molar-refractivity contribution in [3.63, 3.8) is 0 Å². The van der Waals surface area contributed by atoms with Crippen molar-refractivity contribution in [1.82, 2.24) is 9.88 Å². The summed E-state index contributed by atoms with van der Waals surface area (Å²) in [6, 6.07) is 11.1. The van der Waals surface area contributed by atoms with Crippen molar-refractivity contribution in [3.8, 4) is 22.8 Å². The number of hydrogen-bond donors (Lipinski definition) is 1. The van der Waals surface area contributed by atoms with E-state index in [4.69, 9.17) is 9.47 Å². The van der Waals surface area contributed by atoms with Crippen LogP contribution in [0.2, 0.25) is 0 Å². The van der Waals surface area contributed by atoms with E-state index in [1.165, 1.54) is 25.3 Å². The molecule has 1 saturated carbocycles. The molecule has 1 aliphatic carbocycles. The van der Waals surface area contributed by atoms with Gasteiger partial charge in [-0.3, -0.25) is 9.69 Å². The first-order chi connectivity index (χ1) is 19.9. The Morgan fingerprint density at radius 3 is 2.31 bits per heavy atom. The summed E-state index contributed by atoms with van der Waals surface area (Å²) >= 11 is 0. The van der Waals surface area contributed by atoms with Gasteiger partial charge in [0.1, 0.15) is 5.82 Å². The fourth-order valence-corrected chi connectivity index (χ4v) is 5.57. The SMILES string of the molecule is COc1cc(-c2ccc(C(=O)Oc3cccc([C@H](C4CC4)[C@H](C)C(=O)O)c3F)cc2CN(C(C)C)C(C)C)c(F)cn1. The molecule has 0 bridgehead atoms. The van der Waals surface area contributed by atoms with E-state index in [2.05, 4.69) is 37.6 Å². The zero-order valence-electron chi connectivity index (χ0n) is 24.9. The number of halogens is 2. The van der Waals surface area contributed by atoms with Crippen LogP contribution in [-0.4, -0.2) is 46.1 Å². The summed E-state index contributed by atoms with van der Waals surface area (Å²) in [5.41, 5.74) is 1.93. The number of aromatic nitrogens is 1. The first kappa shape index (κ1) is 31.1. The lowest BCUT2D eigenvalue weighted by molar-refractivity contribution is -0.142. The highest BCUT2D eigenvalue weighted by molar-refractivity contribution is 5.92. The molecule has 1 N–H and O–H groups in total. The van der Waals surface area contributed by atoms with Gasteiger partial charge >= 0.3 is 11.9 Å². The maximum absolute atomic E-state index is 15.7. The van der Waals surface area contributed by atoms with Gasteiger partial charge in [-0.15, -0.1) is 0 Å². The molecule has 3 aromatic rings. The summed E-state index contributed by atoms with van der Waals surface area (Å²) in [6.45, 7) is 10.2. The molecule has 0 radical (unpaired) electrons. The number of esters is 1. The average Bonchev–Trinajstić information content (AvgIpc) is 3.79. The minimum atomic E-state index is -0.999. The molecule has 0 unspecified atom stereocenters. The maximum atomic E-state index is 15.7. The Hall–Kier alpha value is -3.85. The summed E-state index contributed by atoms with van der Waals surface area (Å²) in [5.74, 6) is -4.28. The smallest absolute Gasteiger partial charge is 0.343 e. The van der Waals surface area contributed by atoms with Gasteiger partial charge in [-0.1, -0.05) is 25.1 Å². The molecule has 2 aromatic carbocycles. The largest absolute Gasteiger partial charge is 0.481 e. The van der Waals surface area contributed by atoms with E-state index >= 15 is 4.39 Å². The molecule has 1 aliphatic rings. The number of ether oxygens (including phenoxy) is 2. The predicted molar refractivity (Wildman–Crippen MR) is 156 cm³/mol. The third-order valence-corrected chi connectivity index (χ3v) is 7.96. The van der Waals surface area contributed by atoms with Crippen molar-refractivity contribution < 1.29 is 33.0 Å². The Bertz CT molecular complexity index is 1450. The molecule has 1 aromatic heterocycles. The Labute approximate surface area is 245 Å². The van der Waals surface area contributed by atoms with Crippen LogP contribution in [0.1, 0.15) is 74.9 Å². The van der Waals surface area contributed by atoms with Crippen molar-refractivity contribution in [2.45, 2.75) is 72.0 Å². The standard InChI is InChI=1S/C33H38F2N2O5/c1-18(2)37(19(3)4)17-23-14-22(12-13-24(23)26-15-29(41-6)36-16-27(26)34)33(40)42-28-9-7-8-25(31(28)35)30(21-10-11-21)20(5)32(38)39/h7-9,12-16,18-21,30H,10-11,17H2,1-6H3,(H,38,39)/t20-,30-/m0/s1. The zero-order valence-corrected chi connectivity index (χ0v) is 24.9. The van der Waals surface area contributed by atoms with Crippen LogP contribution in [0, 0.1) is 23.5 Å². The topological polar surface area (TPSA) is 89.0 Å². The molecule has 0 aliphatic heterocycles. The second-order valence-electron chi connectivity index (χ2n) is 11.5. The molecular formula is C33H38F2N2O5. The number of pyridine rings is 1. The molecule has 0 saturated heterocycles. The van der Waals surface area contributed by atoms with E-state index in [1.54, 1.807) is 31.2 Å². The number of aliphatic carboxylic acids is 1.